The van der Waals surface area contributed by atoms with E-state index in [1.165, 1.54) is 7.11 Å². The van der Waals surface area contributed by atoms with Crippen molar-refractivity contribution in [2.75, 3.05) is 26.8 Å². The van der Waals surface area contributed by atoms with Gasteiger partial charge in [0.25, 0.3) is 0 Å². The molecule has 1 atom stereocenters. The van der Waals surface area contributed by atoms with Crippen molar-refractivity contribution in [3.8, 4) is 0 Å². The normalized spacial score (nSPS) is 28.6. The third kappa shape index (κ3) is 2.48. The second-order valence-corrected chi connectivity index (χ2v) is 3.14. The molecule has 0 spiro atoms. The second-order valence-electron chi connectivity index (χ2n) is 3.14. The molecule has 0 radical (unpaired) electrons. The Morgan fingerprint density at radius 3 is 2.38 bits per heavy atom. The predicted octanol–water partition coefficient (Wildman–Crippen LogP) is 1.60. The van der Waals surface area contributed by atoms with Crippen molar-refractivity contribution in [3.63, 3.8) is 0 Å². The van der Waals surface area contributed by atoms with Gasteiger partial charge in [-0.3, -0.25) is 0 Å². The van der Waals surface area contributed by atoms with Gasteiger partial charge in [0, 0.05) is 13.7 Å². The summed E-state index contributed by atoms with van der Waals surface area (Å²) in [5.41, 5.74) is -1.65. The minimum Gasteiger partial charge on any atom is -0.384 e. The Morgan fingerprint density at radius 1 is 1.46 bits per heavy atom. The van der Waals surface area contributed by atoms with Crippen LogP contribution in [0.15, 0.2) is 0 Å². The van der Waals surface area contributed by atoms with Crippen molar-refractivity contribution >= 4 is 12.4 Å². The summed E-state index contributed by atoms with van der Waals surface area (Å²) >= 11 is 0. The van der Waals surface area contributed by atoms with E-state index in [2.05, 4.69) is 10.1 Å². The van der Waals surface area contributed by atoms with Crippen molar-refractivity contribution in [1.82, 2.24) is 5.32 Å². The topological polar surface area (TPSA) is 21.3 Å². The molecule has 0 bridgehead atoms. The molecule has 1 rings (SSSR count). The lowest BCUT2D eigenvalue weighted by Crippen LogP contribution is -2.43. The monoisotopic (exact) mass is 219 g/mol. The van der Waals surface area contributed by atoms with E-state index in [9.17, 15) is 13.2 Å². The minimum atomic E-state index is -4.16. The van der Waals surface area contributed by atoms with E-state index in [-0.39, 0.29) is 32.0 Å². The van der Waals surface area contributed by atoms with Crippen LogP contribution in [-0.2, 0) is 4.74 Å². The Morgan fingerprint density at radius 2 is 2.08 bits per heavy atom. The first kappa shape index (κ1) is 13.0. The van der Waals surface area contributed by atoms with Gasteiger partial charge in [-0.1, -0.05) is 0 Å². The molecular formula is C7H13ClF3NO. The van der Waals surface area contributed by atoms with Crippen molar-refractivity contribution < 1.29 is 17.9 Å². The van der Waals surface area contributed by atoms with Gasteiger partial charge in [0.05, 0.1) is 6.61 Å². The largest absolute Gasteiger partial charge is 0.397 e. The predicted molar refractivity (Wildman–Crippen MR) is 45.1 cm³/mol. The molecular weight excluding hydrogens is 207 g/mol. The lowest BCUT2D eigenvalue weighted by molar-refractivity contribution is -0.230. The van der Waals surface area contributed by atoms with E-state index in [1.54, 1.807) is 0 Å². The molecule has 1 N–H and O–H groups in total. The van der Waals surface area contributed by atoms with Crippen LogP contribution >= 0.6 is 12.4 Å². The quantitative estimate of drug-likeness (QED) is 0.762. The Hall–Kier alpha value is 0. The Bertz CT molecular complexity index is 156. The van der Waals surface area contributed by atoms with Crippen molar-refractivity contribution in [2.45, 2.75) is 12.6 Å². The zero-order valence-electron chi connectivity index (χ0n) is 7.28. The molecule has 1 aliphatic rings. The van der Waals surface area contributed by atoms with Crippen LogP contribution in [0.3, 0.4) is 0 Å². The van der Waals surface area contributed by atoms with Crippen LogP contribution in [0.1, 0.15) is 6.42 Å². The van der Waals surface area contributed by atoms with Gasteiger partial charge in [-0.2, -0.15) is 13.2 Å². The molecule has 1 saturated heterocycles. The van der Waals surface area contributed by atoms with Crippen LogP contribution < -0.4 is 5.32 Å². The number of nitrogens with one attached hydrogen (secondary N) is 1. The summed E-state index contributed by atoms with van der Waals surface area (Å²) in [5.74, 6) is 0. The molecule has 1 fully saturated rings. The first-order chi connectivity index (χ1) is 5.52. The first-order valence-corrected chi connectivity index (χ1v) is 3.78. The van der Waals surface area contributed by atoms with E-state index < -0.39 is 11.6 Å². The average Bonchev–Trinajstić information content (AvgIpc) is 2.36. The van der Waals surface area contributed by atoms with Gasteiger partial charge in [-0.05, 0) is 13.0 Å². The molecule has 1 heterocycles. The molecule has 13 heavy (non-hydrogen) atoms. The summed E-state index contributed by atoms with van der Waals surface area (Å²) in [6.07, 6.45) is -4.04. The Kier molecular flexibility index (Phi) is 4.48. The van der Waals surface area contributed by atoms with Crippen molar-refractivity contribution in [3.05, 3.63) is 0 Å². The molecule has 0 aromatic carbocycles. The molecule has 0 aromatic heterocycles. The highest BCUT2D eigenvalue weighted by Gasteiger charge is 2.56. The van der Waals surface area contributed by atoms with Crippen molar-refractivity contribution in [1.29, 1.82) is 0 Å². The average molecular weight is 220 g/mol. The molecule has 1 aliphatic heterocycles. The van der Waals surface area contributed by atoms with E-state index in [1.807, 2.05) is 0 Å². The highest BCUT2D eigenvalue weighted by atomic mass is 35.5. The van der Waals surface area contributed by atoms with E-state index >= 15 is 0 Å². The Labute approximate surface area is 81.2 Å². The lowest BCUT2D eigenvalue weighted by atomic mass is 9.87. The zero-order valence-corrected chi connectivity index (χ0v) is 8.10. The van der Waals surface area contributed by atoms with Gasteiger partial charge < -0.3 is 10.1 Å². The smallest absolute Gasteiger partial charge is 0.384 e. The van der Waals surface area contributed by atoms with Crippen molar-refractivity contribution in [2.24, 2.45) is 5.41 Å². The number of methoxy groups -OCH3 is 1. The SMILES string of the molecule is COCC1(C(F)(F)F)CCNC1.Cl. The minimum absolute atomic E-state index is 0. The highest BCUT2D eigenvalue weighted by Crippen LogP contribution is 2.42. The van der Waals surface area contributed by atoms with Crippen LogP contribution in [0.4, 0.5) is 13.2 Å². The van der Waals surface area contributed by atoms with Crippen LogP contribution in [-0.4, -0.2) is 33.0 Å². The molecule has 1 unspecified atom stereocenters. The first-order valence-electron chi connectivity index (χ1n) is 3.78. The maximum Gasteiger partial charge on any atom is 0.397 e. The molecule has 80 valence electrons. The van der Waals surface area contributed by atoms with Gasteiger partial charge in [0.2, 0.25) is 0 Å². The molecule has 2 nitrogen and oxygen atoms in total. The van der Waals surface area contributed by atoms with Crippen LogP contribution in [0, 0.1) is 5.41 Å². The number of alkyl halides is 3. The van der Waals surface area contributed by atoms with E-state index in [4.69, 9.17) is 0 Å². The standard InChI is InChI=1S/C7H12F3NO.ClH/c1-12-5-6(7(8,9)10)2-3-11-4-6;/h11H,2-5H2,1H3;1H. The number of ether oxygens (including phenoxy) is 1. The van der Waals surface area contributed by atoms with Gasteiger partial charge in [0.15, 0.2) is 0 Å². The number of halogens is 4. The molecule has 0 amide bonds. The van der Waals surface area contributed by atoms with Gasteiger partial charge in [-0.25, -0.2) is 0 Å². The fourth-order valence-electron chi connectivity index (χ4n) is 1.47. The summed E-state index contributed by atoms with van der Waals surface area (Å²) in [6.45, 7) is 0.150. The fourth-order valence-corrected chi connectivity index (χ4v) is 1.47. The summed E-state index contributed by atoms with van der Waals surface area (Å²) < 4.78 is 42.0. The summed E-state index contributed by atoms with van der Waals surface area (Å²) in [4.78, 5) is 0. The summed E-state index contributed by atoms with van der Waals surface area (Å²) in [7, 11) is 1.30. The number of hydrogen-bond donors (Lipinski definition) is 1. The van der Waals surface area contributed by atoms with Gasteiger partial charge in [0.1, 0.15) is 5.41 Å². The Balaban J connectivity index is 0.00000144. The van der Waals surface area contributed by atoms with E-state index in [0.717, 1.165) is 0 Å². The lowest BCUT2D eigenvalue weighted by Gasteiger charge is -2.29. The van der Waals surface area contributed by atoms with Gasteiger partial charge in [-0.15, -0.1) is 12.4 Å². The number of rotatable bonds is 2. The third-order valence-electron chi connectivity index (χ3n) is 2.27. The van der Waals surface area contributed by atoms with Gasteiger partial charge >= 0.3 is 6.18 Å². The van der Waals surface area contributed by atoms with Crippen LogP contribution in [0.5, 0.6) is 0 Å². The van der Waals surface area contributed by atoms with Crippen LogP contribution in [0.2, 0.25) is 0 Å². The molecule has 0 aromatic rings. The molecule has 0 saturated carbocycles. The summed E-state index contributed by atoms with van der Waals surface area (Å²) in [5, 5.41) is 2.70. The fraction of sp³-hybridized carbons (Fsp3) is 1.00. The van der Waals surface area contributed by atoms with E-state index in [0.29, 0.717) is 6.54 Å². The second kappa shape index (κ2) is 4.48. The summed E-state index contributed by atoms with van der Waals surface area (Å²) in [6, 6.07) is 0. The zero-order chi connectivity index (χ0) is 9.24. The molecule has 6 heteroatoms. The molecule has 0 aliphatic carbocycles. The maximum absolute atomic E-state index is 12.5. The number of hydrogen-bond acceptors (Lipinski definition) is 2. The maximum atomic E-state index is 12.5. The third-order valence-corrected chi connectivity index (χ3v) is 2.27. The highest BCUT2D eigenvalue weighted by molar-refractivity contribution is 5.85. The van der Waals surface area contributed by atoms with Crippen LogP contribution in [0.25, 0.3) is 0 Å².